The first-order valence-corrected chi connectivity index (χ1v) is 6.78. The van der Waals surface area contributed by atoms with Crippen molar-refractivity contribution in [1.82, 2.24) is 4.98 Å². The molecule has 0 aromatic carbocycles. The largest absolute Gasteiger partial charge is 0.378 e. The third kappa shape index (κ3) is 2.01. The zero-order chi connectivity index (χ0) is 10.8. The van der Waals surface area contributed by atoms with Crippen molar-refractivity contribution in [2.75, 3.05) is 49.2 Å². The Labute approximate surface area is 99.8 Å². The standard InChI is InChI=1S/C11H17N3OS/c1-2-4-13(3-1)10-9-12-11(16-10)14-5-7-15-8-6-14/h9H,1-8H2. The highest BCUT2D eigenvalue weighted by Gasteiger charge is 2.18. The molecule has 3 heterocycles. The molecule has 2 saturated heterocycles. The van der Waals surface area contributed by atoms with Crippen LogP contribution in [0, 0.1) is 0 Å². The molecule has 0 unspecified atom stereocenters. The molecule has 0 atom stereocenters. The van der Waals surface area contributed by atoms with Gasteiger partial charge in [-0.2, -0.15) is 0 Å². The lowest BCUT2D eigenvalue weighted by Crippen LogP contribution is -2.36. The topological polar surface area (TPSA) is 28.6 Å². The van der Waals surface area contributed by atoms with E-state index in [0.29, 0.717) is 0 Å². The fourth-order valence-electron chi connectivity index (χ4n) is 2.24. The van der Waals surface area contributed by atoms with Crippen LogP contribution >= 0.6 is 11.3 Å². The van der Waals surface area contributed by atoms with Gasteiger partial charge in [-0.15, -0.1) is 0 Å². The molecule has 2 aliphatic heterocycles. The van der Waals surface area contributed by atoms with E-state index < -0.39 is 0 Å². The van der Waals surface area contributed by atoms with Gasteiger partial charge in [-0.05, 0) is 12.8 Å². The third-order valence-corrected chi connectivity index (χ3v) is 4.30. The highest BCUT2D eigenvalue weighted by atomic mass is 32.1. The lowest BCUT2D eigenvalue weighted by atomic mass is 10.4. The second-order valence-electron chi connectivity index (χ2n) is 4.27. The molecule has 0 saturated carbocycles. The first kappa shape index (κ1) is 10.4. The highest BCUT2D eigenvalue weighted by molar-refractivity contribution is 7.19. The van der Waals surface area contributed by atoms with Crippen LogP contribution in [0.3, 0.4) is 0 Å². The summed E-state index contributed by atoms with van der Waals surface area (Å²) in [6, 6.07) is 0. The van der Waals surface area contributed by atoms with Gasteiger partial charge in [-0.1, -0.05) is 11.3 Å². The number of rotatable bonds is 2. The molecule has 2 aliphatic rings. The Morgan fingerprint density at radius 3 is 2.56 bits per heavy atom. The Kier molecular flexibility index (Phi) is 2.97. The first-order chi connectivity index (χ1) is 7.93. The van der Waals surface area contributed by atoms with Gasteiger partial charge in [0, 0.05) is 26.2 Å². The average Bonchev–Trinajstić information content (AvgIpc) is 3.01. The summed E-state index contributed by atoms with van der Waals surface area (Å²) in [6.45, 7) is 6.02. The lowest BCUT2D eigenvalue weighted by molar-refractivity contribution is 0.122. The molecule has 1 aromatic rings. The molecule has 3 rings (SSSR count). The van der Waals surface area contributed by atoms with E-state index in [-0.39, 0.29) is 0 Å². The third-order valence-electron chi connectivity index (χ3n) is 3.18. The first-order valence-electron chi connectivity index (χ1n) is 5.97. The van der Waals surface area contributed by atoms with Crippen molar-refractivity contribution in [3.63, 3.8) is 0 Å². The van der Waals surface area contributed by atoms with Crippen LogP contribution in [0.4, 0.5) is 10.1 Å². The number of aromatic nitrogens is 1. The maximum atomic E-state index is 5.35. The summed E-state index contributed by atoms with van der Waals surface area (Å²) in [6.07, 6.45) is 4.68. The van der Waals surface area contributed by atoms with Gasteiger partial charge in [0.15, 0.2) is 5.13 Å². The monoisotopic (exact) mass is 239 g/mol. The van der Waals surface area contributed by atoms with E-state index in [1.54, 1.807) is 0 Å². The van der Waals surface area contributed by atoms with Crippen LogP contribution in [-0.2, 0) is 4.74 Å². The van der Waals surface area contributed by atoms with Crippen LogP contribution in [0.1, 0.15) is 12.8 Å². The zero-order valence-electron chi connectivity index (χ0n) is 9.39. The van der Waals surface area contributed by atoms with E-state index in [0.717, 1.165) is 31.4 Å². The summed E-state index contributed by atoms with van der Waals surface area (Å²) in [5.74, 6) is 0. The molecule has 16 heavy (non-hydrogen) atoms. The molecule has 0 amide bonds. The summed E-state index contributed by atoms with van der Waals surface area (Å²) < 4.78 is 5.35. The maximum absolute atomic E-state index is 5.35. The molecular formula is C11H17N3OS. The maximum Gasteiger partial charge on any atom is 0.187 e. The number of morpholine rings is 1. The van der Waals surface area contributed by atoms with E-state index in [2.05, 4.69) is 14.8 Å². The van der Waals surface area contributed by atoms with E-state index in [9.17, 15) is 0 Å². The van der Waals surface area contributed by atoms with Crippen molar-refractivity contribution in [1.29, 1.82) is 0 Å². The minimum absolute atomic E-state index is 0.832. The van der Waals surface area contributed by atoms with Gasteiger partial charge in [0.25, 0.3) is 0 Å². The normalized spacial score (nSPS) is 21.8. The van der Waals surface area contributed by atoms with Crippen molar-refractivity contribution in [2.45, 2.75) is 12.8 Å². The molecule has 0 bridgehead atoms. The molecule has 0 aliphatic carbocycles. The van der Waals surface area contributed by atoms with Gasteiger partial charge < -0.3 is 14.5 Å². The smallest absolute Gasteiger partial charge is 0.187 e. The Bertz CT molecular complexity index is 343. The van der Waals surface area contributed by atoms with E-state index in [1.807, 2.05) is 17.5 Å². The van der Waals surface area contributed by atoms with Crippen LogP contribution in [0.2, 0.25) is 0 Å². The SMILES string of the molecule is c1nc(N2CCOCC2)sc1N1CCCC1. The van der Waals surface area contributed by atoms with Crippen LogP contribution in [0.25, 0.3) is 0 Å². The number of hydrogen-bond acceptors (Lipinski definition) is 5. The van der Waals surface area contributed by atoms with Gasteiger partial charge in [0.2, 0.25) is 0 Å². The summed E-state index contributed by atoms with van der Waals surface area (Å²) in [5.41, 5.74) is 0. The second kappa shape index (κ2) is 4.59. The predicted molar refractivity (Wildman–Crippen MR) is 66.6 cm³/mol. The molecule has 2 fully saturated rings. The van der Waals surface area contributed by atoms with Crippen molar-refractivity contribution in [2.24, 2.45) is 0 Å². The van der Waals surface area contributed by atoms with Gasteiger partial charge in [0.05, 0.1) is 19.4 Å². The molecule has 5 heteroatoms. The number of nitrogens with zero attached hydrogens (tertiary/aromatic N) is 3. The summed E-state index contributed by atoms with van der Waals surface area (Å²) in [4.78, 5) is 9.30. The number of hydrogen-bond donors (Lipinski definition) is 0. The summed E-state index contributed by atoms with van der Waals surface area (Å²) in [5, 5.41) is 2.49. The Hall–Kier alpha value is -0.810. The van der Waals surface area contributed by atoms with Crippen LogP contribution in [0.5, 0.6) is 0 Å². The van der Waals surface area contributed by atoms with E-state index in [4.69, 9.17) is 4.74 Å². The minimum atomic E-state index is 0.832. The molecule has 1 aromatic heterocycles. The Balaban J connectivity index is 1.71. The van der Waals surface area contributed by atoms with Gasteiger partial charge in [-0.3, -0.25) is 0 Å². The zero-order valence-corrected chi connectivity index (χ0v) is 10.2. The molecule has 0 radical (unpaired) electrons. The number of thiazole rings is 1. The molecule has 4 nitrogen and oxygen atoms in total. The second-order valence-corrected chi connectivity index (χ2v) is 5.26. The molecular weight excluding hydrogens is 222 g/mol. The van der Waals surface area contributed by atoms with E-state index >= 15 is 0 Å². The number of ether oxygens (including phenoxy) is 1. The van der Waals surface area contributed by atoms with E-state index in [1.165, 1.54) is 30.9 Å². The average molecular weight is 239 g/mol. The number of anilines is 2. The quantitative estimate of drug-likeness (QED) is 0.783. The fourth-order valence-corrected chi connectivity index (χ4v) is 3.26. The van der Waals surface area contributed by atoms with Gasteiger partial charge in [-0.25, -0.2) is 4.98 Å². The summed E-state index contributed by atoms with van der Waals surface area (Å²) in [7, 11) is 0. The fraction of sp³-hybridized carbons (Fsp3) is 0.727. The molecule has 88 valence electrons. The lowest BCUT2D eigenvalue weighted by Gasteiger charge is -2.26. The summed E-state index contributed by atoms with van der Waals surface area (Å²) >= 11 is 1.82. The molecule has 0 spiro atoms. The highest BCUT2D eigenvalue weighted by Crippen LogP contribution is 2.31. The van der Waals surface area contributed by atoms with Gasteiger partial charge in [0.1, 0.15) is 5.00 Å². The Morgan fingerprint density at radius 2 is 1.81 bits per heavy atom. The van der Waals surface area contributed by atoms with Crippen molar-refractivity contribution in [3.05, 3.63) is 6.20 Å². The van der Waals surface area contributed by atoms with Crippen LogP contribution in [-0.4, -0.2) is 44.4 Å². The van der Waals surface area contributed by atoms with Crippen molar-refractivity contribution < 1.29 is 4.74 Å². The van der Waals surface area contributed by atoms with Gasteiger partial charge >= 0.3 is 0 Å². The van der Waals surface area contributed by atoms with Crippen molar-refractivity contribution in [3.8, 4) is 0 Å². The minimum Gasteiger partial charge on any atom is -0.378 e. The van der Waals surface area contributed by atoms with Crippen LogP contribution in [0.15, 0.2) is 6.20 Å². The molecule has 0 N–H and O–H groups in total. The van der Waals surface area contributed by atoms with Crippen molar-refractivity contribution >= 4 is 21.5 Å². The Morgan fingerprint density at radius 1 is 1.06 bits per heavy atom. The predicted octanol–water partition coefficient (Wildman–Crippen LogP) is 1.58. The van der Waals surface area contributed by atoms with Crippen LogP contribution < -0.4 is 9.80 Å².